The Morgan fingerprint density at radius 1 is 1.17 bits per heavy atom. The van der Waals surface area contributed by atoms with Gasteiger partial charge in [0.1, 0.15) is 12.6 Å². The molecule has 3 aromatic rings. The van der Waals surface area contributed by atoms with Gasteiger partial charge in [-0.3, -0.25) is 4.40 Å². The van der Waals surface area contributed by atoms with Crippen molar-refractivity contribution in [3.63, 3.8) is 0 Å². The summed E-state index contributed by atoms with van der Waals surface area (Å²) in [4.78, 5) is 4.75. The van der Waals surface area contributed by atoms with Gasteiger partial charge in [0.25, 0.3) is 0 Å². The molecule has 0 saturated heterocycles. The van der Waals surface area contributed by atoms with Crippen LogP contribution < -0.4 is 4.72 Å². The molecule has 3 heterocycles. The van der Waals surface area contributed by atoms with Gasteiger partial charge < -0.3 is 9.30 Å². The Kier molecular flexibility index (Phi) is 7.03. The van der Waals surface area contributed by atoms with Gasteiger partial charge in [-0.25, -0.2) is 18.1 Å². The molecule has 0 aliphatic heterocycles. The summed E-state index contributed by atoms with van der Waals surface area (Å²) in [7, 11) is -4.36. The summed E-state index contributed by atoms with van der Waals surface area (Å²) in [6.07, 6.45) is 8.92. The first-order valence-corrected chi connectivity index (χ1v) is 18.7. The average Bonchev–Trinajstić information content (AvgIpc) is 3.35. The summed E-state index contributed by atoms with van der Waals surface area (Å²) < 4.78 is 38.6. The lowest BCUT2D eigenvalue weighted by atomic mass is 9.93. The first-order valence-electron chi connectivity index (χ1n) is 13.4. The first-order chi connectivity index (χ1) is 17.1. The Morgan fingerprint density at radius 2 is 1.94 bits per heavy atom. The quantitative estimate of drug-likeness (QED) is 0.292. The van der Waals surface area contributed by atoms with E-state index in [-0.39, 0.29) is 17.2 Å². The third-order valence-corrected chi connectivity index (χ3v) is 11.5. The standard InChI is InChI=1S/C25H40N6O3SSi/c1-6-17-12-19(29-35(32,33)20-8-9-20)13-21(17)24-28-27-22-14-26-25-23(31(22)24)18(7-2)15-30(25)16-34-10-11-36(3,4)5/h14-15,17,19-21,29H,6-13,16H2,1-5H3. The number of nitrogens with one attached hydrogen (secondary N) is 1. The van der Waals surface area contributed by atoms with Crippen molar-refractivity contribution in [3.8, 4) is 0 Å². The third kappa shape index (κ3) is 5.12. The molecule has 3 unspecified atom stereocenters. The minimum atomic E-state index is -3.22. The lowest BCUT2D eigenvalue weighted by Gasteiger charge is -2.16. The molecule has 3 atom stereocenters. The maximum absolute atomic E-state index is 12.6. The van der Waals surface area contributed by atoms with E-state index in [0.29, 0.717) is 12.6 Å². The van der Waals surface area contributed by atoms with Gasteiger partial charge in [0.2, 0.25) is 10.0 Å². The van der Waals surface area contributed by atoms with Gasteiger partial charge in [-0.15, -0.1) is 10.2 Å². The Bertz CT molecular complexity index is 1340. The van der Waals surface area contributed by atoms with Crippen LogP contribution in [0.5, 0.6) is 0 Å². The lowest BCUT2D eigenvalue weighted by Crippen LogP contribution is -2.35. The highest BCUT2D eigenvalue weighted by Gasteiger charge is 2.42. The van der Waals surface area contributed by atoms with Gasteiger partial charge in [-0.05, 0) is 49.6 Å². The lowest BCUT2D eigenvalue weighted by molar-refractivity contribution is 0.0898. The van der Waals surface area contributed by atoms with E-state index in [0.717, 1.165) is 73.8 Å². The fraction of sp³-hybridized carbons (Fsp3) is 0.720. The molecule has 2 saturated carbocycles. The van der Waals surface area contributed by atoms with Crippen LogP contribution in [0.25, 0.3) is 16.8 Å². The fourth-order valence-corrected chi connectivity index (χ4v) is 7.91. The molecule has 3 aromatic heterocycles. The zero-order valence-corrected chi connectivity index (χ0v) is 24.0. The molecule has 9 nitrogen and oxygen atoms in total. The number of ether oxygens (including phenoxy) is 1. The first kappa shape index (κ1) is 25.8. The molecule has 5 rings (SSSR count). The molecule has 36 heavy (non-hydrogen) atoms. The topological polar surface area (TPSA) is 103 Å². The molecule has 198 valence electrons. The highest BCUT2D eigenvalue weighted by molar-refractivity contribution is 7.90. The van der Waals surface area contributed by atoms with Gasteiger partial charge in [0.15, 0.2) is 11.3 Å². The summed E-state index contributed by atoms with van der Waals surface area (Å²) in [5.41, 5.74) is 3.85. The predicted molar refractivity (Wildman–Crippen MR) is 144 cm³/mol. The zero-order valence-electron chi connectivity index (χ0n) is 22.2. The summed E-state index contributed by atoms with van der Waals surface area (Å²) in [5.74, 6) is 1.41. The maximum atomic E-state index is 12.6. The maximum Gasteiger partial charge on any atom is 0.214 e. The molecular formula is C25H40N6O3SSi. The summed E-state index contributed by atoms with van der Waals surface area (Å²) in [6, 6.07) is 1.08. The molecule has 2 aliphatic carbocycles. The van der Waals surface area contributed by atoms with Crippen LogP contribution in [0.4, 0.5) is 0 Å². The van der Waals surface area contributed by atoms with E-state index in [2.05, 4.69) is 63.6 Å². The van der Waals surface area contributed by atoms with Crippen molar-refractivity contribution in [2.75, 3.05) is 6.61 Å². The number of aromatic nitrogens is 5. The molecule has 2 aliphatic rings. The summed E-state index contributed by atoms with van der Waals surface area (Å²) in [5, 5.41) is 8.94. The number of aryl methyl sites for hydroxylation is 1. The van der Waals surface area contributed by atoms with Crippen LogP contribution in [0.15, 0.2) is 12.4 Å². The van der Waals surface area contributed by atoms with Gasteiger partial charge >= 0.3 is 0 Å². The average molecular weight is 533 g/mol. The molecule has 0 aromatic carbocycles. The van der Waals surface area contributed by atoms with Crippen LogP contribution in [0, 0.1) is 5.92 Å². The smallest absolute Gasteiger partial charge is 0.214 e. The van der Waals surface area contributed by atoms with Crippen molar-refractivity contribution in [2.24, 2.45) is 5.92 Å². The van der Waals surface area contributed by atoms with Gasteiger partial charge in [-0.1, -0.05) is 39.9 Å². The second-order valence-electron chi connectivity index (χ2n) is 11.8. The van der Waals surface area contributed by atoms with Crippen molar-refractivity contribution < 1.29 is 13.2 Å². The Labute approximate surface area is 215 Å². The second-order valence-corrected chi connectivity index (χ2v) is 19.4. The van der Waals surface area contributed by atoms with Crippen LogP contribution in [0.1, 0.15) is 63.3 Å². The van der Waals surface area contributed by atoms with Crippen molar-refractivity contribution >= 4 is 34.9 Å². The van der Waals surface area contributed by atoms with Crippen molar-refractivity contribution in [3.05, 3.63) is 23.8 Å². The van der Waals surface area contributed by atoms with Crippen molar-refractivity contribution in [2.45, 2.75) is 102 Å². The molecule has 0 amide bonds. The van der Waals surface area contributed by atoms with Gasteiger partial charge in [-0.2, -0.15) is 0 Å². The van der Waals surface area contributed by atoms with Crippen LogP contribution in [-0.2, 0) is 27.9 Å². The van der Waals surface area contributed by atoms with Gasteiger partial charge in [0, 0.05) is 32.8 Å². The van der Waals surface area contributed by atoms with Crippen LogP contribution in [0.2, 0.25) is 25.7 Å². The van der Waals surface area contributed by atoms with E-state index in [1.54, 1.807) is 6.20 Å². The Hall–Kier alpha value is -1.82. The number of hydrogen-bond donors (Lipinski definition) is 1. The fourth-order valence-electron chi connectivity index (χ4n) is 5.54. The monoisotopic (exact) mass is 532 g/mol. The number of hydrogen-bond acceptors (Lipinski definition) is 6. The van der Waals surface area contributed by atoms with Crippen molar-refractivity contribution in [1.82, 2.24) is 28.9 Å². The molecule has 0 radical (unpaired) electrons. The van der Waals surface area contributed by atoms with Crippen LogP contribution in [0.3, 0.4) is 0 Å². The number of nitrogens with zero attached hydrogens (tertiary/aromatic N) is 5. The normalized spacial score (nSPS) is 23.3. The zero-order chi connectivity index (χ0) is 25.7. The number of rotatable bonds is 11. The van der Waals surface area contributed by atoms with E-state index < -0.39 is 18.1 Å². The van der Waals surface area contributed by atoms with E-state index >= 15 is 0 Å². The minimum absolute atomic E-state index is 0.0507. The Balaban J connectivity index is 1.46. The van der Waals surface area contributed by atoms with Crippen LogP contribution >= 0.6 is 0 Å². The SMILES string of the molecule is CCc1cn(COCC[Si](C)(C)C)c2ncc3nnc(C4CC(NS(=O)(=O)C5CC5)CC4CC)n3c12. The Morgan fingerprint density at radius 3 is 2.61 bits per heavy atom. The number of fused-ring (bicyclic) bond motifs is 3. The highest BCUT2D eigenvalue weighted by atomic mass is 32.2. The van der Waals surface area contributed by atoms with E-state index in [9.17, 15) is 8.42 Å². The van der Waals surface area contributed by atoms with Gasteiger partial charge in [0.05, 0.1) is 17.0 Å². The van der Waals surface area contributed by atoms with E-state index in [1.165, 1.54) is 5.56 Å². The van der Waals surface area contributed by atoms with E-state index in [4.69, 9.17) is 9.72 Å². The molecule has 0 bridgehead atoms. The third-order valence-electron chi connectivity index (χ3n) is 7.79. The minimum Gasteiger partial charge on any atom is -0.361 e. The van der Waals surface area contributed by atoms with Crippen molar-refractivity contribution in [1.29, 1.82) is 0 Å². The summed E-state index contributed by atoms with van der Waals surface area (Å²) in [6.45, 7) is 12.6. The molecule has 11 heteroatoms. The molecule has 1 N–H and O–H groups in total. The highest BCUT2D eigenvalue weighted by Crippen LogP contribution is 2.42. The molecular weight excluding hydrogens is 492 g/mol. The summed E-state index contributed by atoms with van der Waals surface area (Å²) >= 11 is 0. The molecule has 0 spiro atoms. The largest absolute Gasteiger partial charge is 0.361 e. The van der Waals surface area contributed by atoms with E-state index in [1.807, 2.05) is 0 Å². The molecule has 2 fully saturated rings. The predicted octanol–water partition coefficient (Wildman–Crippen LogP) is 4.31. The van der Waals surface area contributed by atoms with Crippen LogP contribution in [-0.4, -0.2) is 58.5 Å². The second kappa shape index (κ2) is 9.81. The number of sulfonamides is 1.